The Balaban J connectivity index is 1.46. The molecule has 0 fully saturated rings. The number of aromatic nitrogens is 2. The van der Waals surface area contributed by atoms with Crippen molar-refractivity contribution in [2.75, 3.05) is 11.4 Å². The van der Waals surface area contributed by atoms with E-state index >= 15 is 0 Å². The Morgan fingerprint density at radius 3 is 2.77 bits per heavy atom. The van der Waals surface area contributed by atoms with E-state index in [1.165, 1.54) is 11.1 Å². The zero-order chi connectivity index (χ0) is 17.8. The van der Waals surface area contributed by atoms with Gasteiger partial charge in [0.2, 0.25) is 0 Å². The van der Waals surface area contributed by atoms with Crippen molar-refractivity contribution in [1.82, 2.24) is 15.3 Å². The van der Waals surface area contributed by atoms with Crippen LogP contribution in [0.1, 0.15) is 27.0 Å². The topological polar surface area (TPSA) is 58.1 Å². The number of fused-ring (bicyclic) bond motifs is 1. The Morgan fingerprint density at radius 2 is 1.92 bits per heavy atom. The van der Waals surface area contributed by atoms with Gasteiger partial charge < -0.3 is 10.2 Å². The molecule has 0 atom stereocenters. The number of carbonyl (C=O) groups excluding carboxylic acids is 1. The van der Waals surface area contributed by atoms with Crippen molar-refractivity contribution in [1.29, 1.82) is 0 Å². The average Bonchev–Trinajstić information content (AvgIpc) is 2.72. The molecular formula is C21H20N4O. The quantitative estimate of drug-likeness (QED) is 0.790. The number of rotatable bonds is 4. The van der Waals surface area contributed by atoms with E-state index in [0.717, 1.165) is 30.8 Å². The maximum Gasteiger partial charge on any atom is 0.253 e. The summed E-state index contributed by atoms with van der Waals surface area (Å²) < 4.78 is 0. The molecular weight excluding hydrogens is 324 g/mol. The lowest BCUT2D eigenvalue weighted by molar-refractivity contribution is 0.0950. The molecule has 0 saturated carbocycles. The third kappa shape index (κ3) is 3.57. The Morgan fingerprint density at radius 1 is 1.04 bits per heavy atom. The fraction of sp³-hybridized carbons (Fsp3) is 0.190. The second kappa shape index (κ2) is 7.35. The first kappa shape index (κ1) is 16.3. The second-order valence-electron chi connectivity index (χ2n) is 6.42. The van der Waals surface area contributed by atoms with Crippen LogP contribution in [0, 0.1) is 0 Å². The fourth-order valence-corrected chi connectivity index (χ4v) is 3.23. The smallest absolute Gasteiger partial charge is 0.253 e. The first-order valence-corrected chi connectivity index (χ1v) is 8.73. The van der Waals surface area contributed by atoms with Gasteiger partial charge in [-0.3, -0.25) is 14.8 Å². The Hall–Kier alpha value is -3.21. The van der Waals surface area contributed by atoms with Crippen molar-refractivity contribution in [2.45, 2.75) is 19.5 Å². The number of hydrogen-bond acceptors (Lipinski definition) is 4. The van der Waals surface area contributed by atoms with Crippen molar-refractivity contribution >= 4 is 11.6 Å². The summed E-state index contributed by atoms with van der Waals surface area (Å²) in [6.45, 7) is 2.23. The molecule has 0 bridgehead atoms. The van der Waals surface area contributed by atoms with Gasteiger partial charge in [0, 0.05) is 38.2 Å². The van der Waals surface area contributed by atoms with Gasteiger partial charge >= 0.3 is 0 Å². The van der Waals surface area contributed by atoms with Crippen LogP contribution in [0.2, 0.25) is 0 Å². The lowest BCUT2D eigenvalue weighted by Gasteiger charge is -2.30. The predicted octanol–water partition coefficient (Wildman–Crippen LogP) is 2.97. The van der Waals surface area contributed by atoms with Crippen LogP contribution >= 0.6 is 0 Å². The number of nitrogens with zero attached hydrogens (tertiary/aromatic N) is 3. The lowest BCUT2D eigenvalue weighted by atomic mass is 9.99. The molecule has 0 spiro atoms. The Bertz CT molecular complexity index is 911. The highest BCUT2D eigenvalue weighted by Crippen LogP contribution is 2.24. The minimum absolute atomic E-state index is 0.124. The van der Waals surface area contributed by atoms with E-state index in [-0.39, 0.29) is 5.91 Å². The maximum absolute atomic E-state index is 12.5. The SMILES string of the molecule is O=C(NCc1cccnc1)c1cncc(N2CCc3ccccc3C2)c1. The predicted molar refractivity (Wildman–Crippen MR) is 101 cm³/mol. The summed E-state index contributed by atoms with van der Waals surface area (Å²) in [4.78, 5) is 23.1. The molecule has 3 aromatic rings. The summed E-state index contributed by atoms with van der Waals surface area (Å²) in [7, 11) is 0. The molecule has 0 saturated heterocycles. The average molecular weight is 344 g/mol. The van der Waals surface area contributed by atoms with E-state index in [1.807, 2.05) is 24.4 Å². The molecule has 2 aromatic heterocycles. The minimum Gasteiger partial charge on any atom is -0.366 e. The molecule has 0 radical (unpaired) electrons. The summed E-state index contributed by atoms with van der Waals surface area (Å²) >= 11 is 0. The molecule has 5 heteroatoms. The van der Waals surface area contributed by atoms with E-state index in [4.69, 9.17) is 0 Å². The maximum atomic E-state index is 12.5. The molecule has 1 amide bonds. The number of pyridine rings is 2. The van der Waals surface area contributed by atoms with E-state index in [1.54, 1.807) is 18.6 Å². The molecule has 1 aliphatic rings. The third-order valence-electron chi connectivity index (χ3n) is 4.66. The molecule has 4 rings (SSSR count). The summed E-state index contributed by atoms with van der Waals surface area (Å²) in [6.07, 6.45) is 7.91. The summed E-state index contributed by atoms with van der Waals surface area (Å²) in [5, 5.41) is 2.92. The van der Waals surface area contributed by atoms with E-state index < -0.39 is 0 Å². The third-order valence-corrected chi connectivity index (χ3v) is 4.66. The van der Waals surface area contributed by atoms with Gasteiger partial charge in [-0.1, -0.05) is 30.3 Å². The van der Waals surface area contributed by atoms with Crippen LogP contribution in [0.15, 0.2) is 67.3 Å². The van der Waals surface area contributed by atoms with Gasteiger partial charge in [-0.25, -0.2) is 0 Å². The Kier molecular flexibility index (Phi) is 4.60. The van der Waals surface area contributed by atoms with Crippen LogP contribution < -0.4 is 10.2 Å². The lowest BCUT2D eigenvalue weighted by Crippen LogP contribution is -2.31. The van der Waals surface area contributed by atoms with Gasteiger partial charge in [-0.2, -0.15) is 0 Å². The highest BCUT2D eigenvalue weighted by atomic mass is 16.1. The van der Waals surface area contributed by atoms with Crippen molar-refractivity contribution in [3.63, 3.8) is 0 Å². The number of amides is 1. The zero-order valence-electron chi connectivity index (χ0n) is 14.4. The molecule has 0 unspecified atom stereocenters. The monoisotopic (exact) mass is 344 g/mol. The van der Waals surface area contributed by atoms with Crippen molar-refractivity contribution < 1.29 is 4.79 Å². The minimum atomic E-state index is -0.124. The largest absolute Gasteiger partial charge is 0.366 e. The van der Waals surface area contributed by atoms with Crippen LogP contribution in [0.4, 0.5) is 5.69 Å². The second-order valence-corrected chi connectivity index (χ2v) is 6.42. The van der Waals surface area contributed by atoms with E-state index in [9.17, 15) is 4.79 Å². The van der Waals surface area contributed by atoms with Gasteiger partial charge in [0.1, 0.15) is 0 Å². The first-order chi connectivity index (χ1) is 12.8. The van der Waals surface area contributed by atoms with Crippen molar-refractivity contribution in [2.24, 2.45) is 0 Å². The Labute approximate surface area is 152 Å². The number of carbonyl (C=O) groups is 1. The molecule has 1 aromatic carbocycles. The van der Waals surface area contributed by atoms with Gasteiger partial charge in [-0.15, -0.1) is 0 Å². The fourth-order valence-electron chi connectivity index (χ4n) is 3.23. The normalized spacial score (nSPS) is 13.2. The standard InChI is InChI=1S/C21H20N4O/c26-21(24-12-16-4-3-8-22-11-16)19-10-20(14-23-13-19)25-9-7-17-5-1-2-6-18(17)15-25/h1-6,8,10-11,13-14H,7,9,12,15H2,(H,24,26). The molecule has 0 aliphatic carbocycles. The highest BCUT2D eigenvalue weighted by molar-refractivity contribution is 5.94. The number of anilines is 1. The molecule has 26 heavy (non-hydrogen) atoms. The van der Waals surface area contributed by atoms with Crippen LogP contribution in [-0.2, 0) is 19.5 Å². The van der Waals surface area contributed by atoms with Crippen molar-refractivity contribution in [3.8, 4) is 0 Å². The molecule has 1 aliphatic heterocycles. The van der Waals surface area contributed by atoms with Gasteiger partial charge in [0.15, 0.2) is 0 Å². The van der Waals surface area contributed by atoms with Gasteiger partial charge in [0.05, 0.1) is 17.4 Å². The molecule has 1 N–H and O–H groups in total. The zero-order valence-corrected chi connectivity index (χ0v) is 14.4. The van der Waals surface area contributed by atoms with Crippen LogP contribution in [0.5, 0.6) is 0 Å². The van der Waals surface area contributed by atoms with E-state index in [0.29, 0.717) is 12.1 Å². The first-order valence-electron chi connectivity index (χ1n) is 8.73. The highest BCUT2D eigenvalue weighted by Gasteiger charge is 2.17. The van der Waals surface area contributed by atoms with Crippen LogP contribution in [0.25, 0.3) is 0 Å². The number of hydrogen-bond donors (Lipinski definition) is 1. The molecule has 3 heterocycles. The van der Waals surface area contributed by atoms with Crippen LogP contribution in [0.3, 0.4) is 0 Å². The van der Waals surface area contributed by atoms with Gasteiger partial charge in [0.25, 0.3) is 5.91 Å². The van der Waals surface area contributed by atoms with E-state index in [2.05, 4.69) is 44.5 Å². The van der Waals surface area contributed by atoms with Gasteiger partial charge in [-0.05, 0) is 35.2 Å². The van der Waals surface area contributed by atoms with Crippen molar-refractivity contribution in [3.05, 3.63) is 89.5 Å². The molecule has 130 valence electrons. The summed E-state index contributed by atoms with van der Waals surface area (Å²) in [5.41, 5.74) is 5.27. The van der Waals surface area contributed by atoms with Crippen LogP contribution in [-0.4, -0.2) is 22.4 Å². The summed E-state index contributed by atoms with van der Waals surface area (Å²) in [5.74, 6) is -0.124. The molecule has 5 nitrogen and oxygen atoms in total. The summed E-state index contributed by atoms with van der Waals surface area (Å²) in [6, 6.07) is 14.2. The number of benzene rings is 1. The number of nitrogens with one attached hydrogen (secondary N) is 1.